The zero-order valence-corrected chi connectivity index (χ0v) is 14.0. The van der Waals surface area contributed by atoms with Crippen LogP contribution in [0.25, 0.3) is 0 Å². The number of aryl methyl sites for hydroxylation is 2. The summed E-state index contributed by atoms with van der Waals surface area (Å²) in [5, 5.41) is 4.36. The minimum absolute atomic E-state index is 0.221. The summed E-state index contributed by atoms with van der Waals surface area (Å²) in [5.74, 6) is 0.677. The van der Waals surface area contributed by atoms with E-state index in [2.05, 4.69) is 5.16 Å². The summed E-state index contributed by atoms with van der Waals surface area (Å²) >= 11 is 5.94. The molecule has 0 bridgehead atoms. The smallest absolute Gasteiger partial charge is 0.243 e. The Morgan fingerprint density at radius 2 is 2.14 bits per heavy atom. The summed E-state index contributed by atoms with van der Waals surface area (Å²) in [5.41, 5.74) is 1.62. The molecule has 1 aliphatic heterocycles. The third-order valence-corrected chi connectivity index (χ3v) is 6.17. The highest BCUT2D eigenvalue weighted by Gasteiger charge is 2.38. The van der Waals surface area contributed by atoms with Crippen LogP contribution in [0.4, 0.5) is 0 Å². The molecule has 3 rings (SSSR count). The van der Waals surface area contributed by atoms with E-state index in [0.29, 0.717) is 17.3 Å². The lowest BCUT2D eigenvalue weighted by Crippen LogP contribution is -2.31. The predicted molar refractivity (Wildman–Crippen MR) is 83.3 cm³/mol. The molecule has 1 aliphatic rings. The maximum absolute atomic E-state index is 12.9. The summed E-state index contributed by atoms with van der Waals surface area (Å²) in [7, 11) is -3.59. The number of rotatable bonds is 3. The average Bonchev–Trinajstić information content (AvgIpc) is 3.06. The van der Waals surface area contributed by atoms with Crippen LogP contribution >= 0.6 is 11.6 Å². The van der Waals surface area contributed by atoms with Crippen molar-refractivity contribution in [3.05, 3.63) is 46.3 Å². The van der Waals surface area contributed by atoms with Crippen molar-refractivity contribution in [3.63, 3.8) is 0 Å². The van der Waals surface area contributed by atoms with Crippen LogP contribution in [0.5, 0.6) is 0 Å². The molecule has 1 atom stereocenters. The van der Waals surface area contributed by atoms with Crippen LogP contribution in [0.3, 0.4) is 0 Å². The number of halogens is 1. The van der Waals surface area contributed by atoms with E-state index in [1.54, 1.807) is 18.2 Å². The van der Waals surface area contributed by atoms with Gasteiger partial charge in [0.25, 0.3) is 0 Å². The van der Waals surface area contributed by atoms with E-state index < -0.39 is 10.0 Å². The number of sulfonamides is 1. The highest BCUT2D eigenvalue weighted by atomic mass is 35.5. The summed E-state index contributed by atoms with van der Waals surface area (Å²) in [6, 6.07) is 6.14. The van der Waals surface area contributed by atoms with Crippen molar-refractivity contribution in [2.75, 3.05) is 6.54 Å². The van der Waals surface area contributed by atoms with Crippen LogP contribution in [0.1, 0.15) is 35.9 Å². The van der Waals surface area contributed by atoms with Crippen LogP contribution in [0.15, 0.2) is 33.7 Å². The van der Waals surface area contributed by atoms with Crippen molar-refractivity contribution >= 4 is 21.6 Å². The number of hydrogen-bond donors (Lipinski definition) is 0. The molecular weight excluding hydrogens is 324 g/mol. The summed E-state index contributed by atoms with van der Waals surface area (Å²) in [6.07, 6.45) is 1.58. The molecule has 0 saturated carbocycles. The van der Waals surface area contributed by atoms with Crippen molar-refractivity contribution in [3.8, 4) is 0 Å². The van der Waals surface area contributed by atoms with E-state index in [-0.39, 0.29) is 10.9 Å². The maximum Gasteiger partial charge on any atom is 0.243 e. The molecule has 1 aromatic carbocycles. The normalized spacial score (nSPS) is 19.7. The SMILES string of the molecule is Cc1noc(C)c1[C@H]1CCCN1S(=O)(=O)c1cccc(Cl)c1. The van der Waals surface area contributed by atoms with Gasteiger partial charge in [-0.25, -0.2) is 8.42 Å². The van der Waals surface area contributed by atoms with Gasteiger partial charge in [-0.15, -0.1) is 0 Å². The molecule has 0 spiro atoms. The first-order chi connectivity index (χ1) is 10.4. The van der Waals surface area contributed by atoms with Crippen LogP contribution in [-0.4, -0.2) is 24.4 Å². The summed E-state index contributed by atoms with van der Waals surface area (Å²) in [4.78, 5) is 0.221. The molecular formula is C15H17ClN2O3S. The first-order valence-corrected chi connectivity index (χ1v) is 8.93. The van der Waals surface area contributed by atoms with Gasteiger partial charge in [-0.3, -0.25) is 0 Å². The molecule has 0 amide bonds. The van der Waals surface area contributed by atoms with Crippen molar-refractivity contribution in [1.82, 2.24) is 9.46 Å². The van der Waals surface area contributed by atoms with Gasteiger partial charge >= 0.3 is 0 Å². The van der Waals surface area contributed by atoms with Gasteiger partial charge in [0, 0.05) is 17.1 Å². The van der Waals surface area contributed by atoms with Gasteiger partial charge in [-0.1, -0.05) is 22.8 Å². The fourth-order valence-corrected chi connectivity index (χ4v) is 5.01. The second kappa shape index (κ2) is 5.68. The van der Waals surface area contributed by atoms with E-state index >= 15 is 0 Å². The average molecular weight is 341 g/mol. The second-order valence-corrected chi connectivity index (χ2v) is 7.80. The van der Waals surface area contributed by atoms with Crippen molar-refractivity contribution < 1.29 is 12.9 Å². The lowest BCUT2D eigenvalue weighted by Gasteiger charge is -2.24. The Kier molecular flexibility index (Phi) is 4.01. The molecule has 1 aromatic heterocycles. The second-order valence-electron chi connectivity index (χ2n) is 5.47. The minimum Gasteiger partial charge on any atom is -0.361 e. The molecule has 2 heterocycles. The maximum atomic E-state index is 12.9. The van der Waals surface area contributed by atoms with Gasteiger partial charge in [0.15, 0.2) is 0 Å². The molecule has 1 saturated heterocycles. The molecule has 0 aliphatic carbocycles. The Morgan fingerprint density at radius 3 is 2.77 bits per heavy atom. The molecule has 118 valence electrons. The zero-order valence-electron chi connectivity index (χ0n) is 12.4. The highest BCUT2D eigenvalue weighted by Crippen LogP contribution is 2.39. The van der Waals surface area contributed by atoms with Gasteiger partial charge < -0.3 is 4.52 Å². The van der Waals surface area contributed by atoms with E-state index in [1.807, 2.05) is 13.8 Å². The Morgan fingerprint density at radius 1 is 1.36 bits per heavy atom. The fourth-order valence-electron chi connectivity index (χ4n) is 3.04. The third kappa shape index (κ3) is 2.55. The van der Waals surface area contributed by atoms with Gasteiger partial charge in [0.2, 0.25) is 10.0 Å². The van der Waals surface area contributed by atoms with Gasteiger partial charge in [0.05, 0.1) is 16.6 Å². The first kappa shape index (κ1) is 15.5. The third-order valence-electron chi connectivity index (χ3n) is 4.03. The number of benzene rings is 1. The number of nitrogens with zero attached hydrogens (tertiary/aromatic N) is 2. The number of aromatic nitrogens is 1. The largest absolute Gasteiger partial charge is 0.361 e. The topological polar surface area (TPSA) is 63.4 Å². The van der Waals surface area contributed by atoms with Gasteiger partial charge in [-0.05, 0) is 44.9 Å². The Bertz CT molecular complexity index is 781. The molecule has 0 radical (unpaired) electrons. The first-order valence-electron chi connectivity index (χ1n) is 7.11. The van der Waals surface area contributed by atoms with E-state index in [4.69, 9.17) is 16.1 Å². The predicted octanol–water partition coefficient (Wildman–Crippen LogP) is 3.47. The van der Waals surface area contributed by atoms with E-state index in [1.165, 1.54) is 10.4 Å². The lowest BCUT2D eigenvalue weighted by atomic mass is 10.0. The zero-order chi connectivity index (χ0) is 15.9. The lowest BCUT2D eigenvalue weighted by molar-refractivity contribution is 0.376. The molecule has 22 heavy (non-hydrogen) atoms. The van der Waals surface area contributed by atoms with Crippen LogP contribution < -0.4 is 0 Å². The monoisotopic (exact) mass is 340 g/mol. The number of hydrogen-bond acceptors (Lipinski definition) is 4. The Hall–Kier alpha value is -1.37. The summed E-state index contributed by atoms with van der Waals surface area (Å²) < 4.78 is 32.6. The summed E-state index contributed by atoms with van der Waals surface area (Å²) in [6.45, 7) is 4.15. The molecule has 7 heteroatoms. The van der Waals surface area contributed by atoms with Crippen molar-refractivity contribution in [1.29, 1.82) is 0 Å². The van der Waals surface area contributed by atoms with Crippen molar-refractivity contribution in [2.24, 2.45) is 0 Å². The van der Waals surface area contributed by atoms with E-state index in [9.17, 15) is 8.42 Å². The Balaban J connectivity index is 2.03. The molecule has 5 nitrogen and oxygen atoms in total. The van der Waals surface area contributed by atoms with Gasteiger partial charge in [0.1, 0.15) is 5.76 Å². The molecule has 0 unspecified atom stereocenters. The molecule has 0 N–H and O–H groups in total. The van der Waals surface area contributed by atoms with Crippen LogP contribution in [-0.2, 0) is 10.0 Å². The van der Waals surface area contributed by atoms with E-state index in [0.717, 1.165) is 24.1 Å². The van der Waals surface area contributed by atoms with Crippen molar-refractivity contribution in [2.45, 2.75) is 37.6 Å². The quantitative estimate of drug-likeness (QED) is 0.858. The van der Waals surface area contributed by atoms with Gasteiger partial charge in [-0.2, -0.15) is 4.31 Å². The van der Waals surface area contributed by atoms with Crippen LogP contribution in [0.2, 0.25) is 5.02 Å². The standard InChI is InChI=1S/C15H17ClN2O3S/c1-10-15(11(2)21-17-10)14-7-4-8-18(14)22(19,20)13-6-3-5-12(16)9-13/h3,5-6,9,14H,4,7-8H2,1-2H3/t14-/m1/s1. The fraction of sp³-hybridized carbons (Fsp3) is 0.400. The molecule has 1 fully saturated rings. The minimum atomic E-state index is -3.59. The molecule has 2 aromatic rings. The Labute approximate surface area is 134 Å². The highest BCUT2D eigenvalue weighted by molar-refractivity contribution is 7.89. The van der Waals surface area contributed by atoms with Crippen LogP contribution in [0, 0.1) is 13.8 Å².